The summed E-state index contributed by atoms with van der Waals surface area (Å²) in [5.74, 6) is 4.90. The fraction of sp³-hybridized carbons (Fsp3) is 1.00. The molecule has 18 heteroatoms. The van der Waals surface area contributed by atoms with Crippen LogP contribution >= 0.6 is 0 Å². The zero-order chi connectivity index (χ0) is 14.7. The summed E-state index contributed by atoms with van der Waals surface area (Å²) < 4.78 is 0. The van der Waals surface area contributed by atoms with E-state index in [2.05, 4.69) is 94.0 Å². The van der Waals surface area contributed by atoms with E-state index < -0.39 is 0 Å². The smallest absolute Gasteiger partial charge is 0.00850 e. The molecule has 0 aliphatic heterocycles. The first-order valence-corrected chi connectivity index (χ1v) is 5.35. The monoisotopic (exact) mass is 300 g/mol. The van der Waals surface area contributed by atoms with Gasteiger partial charge in [-0.15, -0.1) is 0 Å². The highest BCUT2D eigenvalue weighted by Gasteiger charge is 1.83. The topological polar surface area (TPSA) is 231 Å². The number of hydrazine groups is 17. The quantitative estimate of drug-likeness (QED) is 0.0678. The molecular formula is C2H24N18. The maximum absolute atomic E-state index is 4.90. The standard InChI is InChI=1S/C2H24N18/c1-2-4-6-8-10-12-14-16-18-20-19-17-15-13-11-9-7-5-3/h4-20H,2-3H2,1H3. The third-order valence-electron chi connectivity index (χ3n) is 1.21. The first-order chi connectivity index (χ1) is 9.91. The third-order valence-corrected chi connectivity index (χ3v) is 1.21. The average Bonchev–Trinajstić information content (AvgIpc) is 2.47. The molecule has 0 heterocycles. The van der Waals surface area contributed by atoms with Gasteiger partial charge in [0.25, 0.3) is 0 Å². The molecule has 0 aliphatic rings. The van der Waals surface area contributed by atoms with Gasteiger partial charge in [-0.2, -0.15) is 88.6 Å². The van der Waals surface area contributed by atoms with Crippen molar-refractivity contribution in [2.24, 2.45) is 5.84 Å². The lowest BCUT2D eigenvalue weighted by Gasteiger charge is -2.14. The Hall–Kier alpha value is -0.720. The maximum atomic E-state index is 4.90. The van der Waals surface area contributed by atoms with E-state index in [1.54, 1.807) is 0 Å². The van der Waals surface area contributed by atoms with Gasteiger partial charge in [-0.25, -0.2) is 5.43 Å². The molecule has 122 valence electrons. The number of hydrogen-bond acceptors (Lipinski definition) is 18. The zero-order valence-electron chi connectivity index (χ0n) is 10.8. The largest absolute Gasteiger partial charge is 0.257 e. The maximum Gasteiger partial charge on any atom is 0.00850 e. The van der Waals surface area contributed by atoms with Gasteiger partial charge in [0.2, 0.25) is 0 Å². The minimum absolute atomic E-state index is 0.777. The van der Waals surface area contributed by atoms with E-state index in [0.29, 0.717) is 0 Å². The summed E-state index contributed by atoms with van der Waals surface area (Å²) in [6.45, 7) is 2.73. The molecule has 0 amide bonds. The third kappa shape index (κ3) is 17.3. The molecule has 0 bridgehead atoms. The van der Waals surface area contributed by atoms with Crippen LogP contribution in [0.5, 0.6) is 0 Å². The Morgan fingerprint density at radius 3 is 1.10 bits per heavy atom. The summed E-state index contributed by atoms with van der Waals surface area (Å²) in [6, 6.07) is 0. The first-order valence-electron chi connectivity index (χ1n) is 5.35. The van der Waals surface area contributed by atoms with Crippen molar-refractivity contribution in [3.63, 3.8) is 0 Å². The Balaban J connectivity index is 2.89. The van der Waals surface area contributed by atoms with Crippen molar-refractivity contribution in [2.75, 3.05) is 6.54 Å². The van der Waals surface area contributed by atoms with Crippen LogP contribution in [0.2, 0.25) is 0 Å². The summed E-state index contributed by atoms with van der Waals surface area (Å²) in [5.41, 5.74) is 42.4. The van der Waals surface area contributed by atoms with E-state index in [0.717, 1.165) is 6.54 Å². The van der Waals surface area contributed by atoms with Gasteiger partial charge in [0.05, 0.1) is 0 Å². The van der Waals surface area contributed by atoms with Crippen LogP contribution in [0.15, 0.2) is 0 Å². The molecule has 20 heavy (non-hydrogen) atoms. The fourth-order valence-electron chi connectivity index (χ4n) is 0.575. The van der Waals surface area contributed by atoms with Gasteiger partial charge >= 0.3 is 0 Å². The van der Waals surface area contributed by atoms with Crippen molar-refractivity contribution < 1.29 is 0 Å². The summed E-state index contributed by atoms with van der Waals surface area (Å²) in [6.07, 6.45) is 0. The Morgan fingerprint density at radius 1 is 0.500 bits per heavy atom. The van der Waals surface area contributed by atoms with Crippen LogP contribution in [-0.2, 0) is 0 Å². The van der Waals surface area contributed by atoms with Crippen molar-refractivity contribution >= 4 is 0 Å². The number of rotatable bonds is 17. The Labute approximate surface area is 114 Å². The van der Waals surface area contributed by atoms with Crippen LogP contribution in [0.25, 0.3) is 0 Å². The molecular weight excluding hydrogens is 276 g/mol. The number of nitrogens with one attached hydrogen (secondary N) is 17. The van der Waals surface area contributed by atoms with Gasteiger partial charge in [-0.3, -0.25) is 5.84 Å². The molecule has 0 fully saturated rings. The minimum atomic E-state index is 0.777. The summed E-state index contributed by atoms with van der Waals surface area (Å²) >= 11 is 0. The van der Waals surface area contributed by atoms with E-state index >= 15 is 0 Å². The number of nitrogens with two attached hydrogens (primary N) is 1. The normalized spacial score (nSPS) is 11.1. The van der Waals surface area contributed by atoms with Crippen LogP contribution in [0.1, 0.15) is 6.92 Å². The van der Waals surface area contributed by atoms with Gasteiger partial charge in [0.15, 0.2) is 0 Å². The molecule has 0 saturated carbocycles. The van der Waals surface area contributed by atoms with Gasteiger partial charge in [0, 0.05) is 6.54 Å². The zero-order valence-corrected chi connectivity index (χ0v) is 10.8. The molecule has 0 aliphatic carbocycles. The summed E-state index contributed by atoms with van der Waals surface area (Å²) in [5, 5.41) is 0. The van der Waals surface area contributed by atoms with Gasteiger partial charge < -0.3 is 0 Å². The molecule has 0 aromatic carbocycles. The molecule has 0 saturated heterocycles. The van der Waals surface area contributed by atoms with Crippen molar-refractivity contribution in [1.82, 2.24) is 94.0 Å². The van der Waals surface area contributed by atoms with E-state index in [9.17, 15) is 0 Å². The Kier molecular flexibility index (Phi) is 17.6. The van der Waals surface area contributed by atoms with Gasteiger partial charge in [0.1, 0.15) is 0 Å². The average molecular weight is 300 g/mol. The summed E-state index contributed by atoms with van der Waals surface area (Å²) in [4.78, 5) is 0. The lowest BCUT2D eigenvalue weighted by Crippen LogP contribution is -2.68. The van der Waals surface area contributed by atoms with Crippen LogP contribution < -0.4 is 99.8 Å². The second kappa shape index (κ2) is 18.3. The summed E-state index contributed by atoms with van der Waals surface area (Å²) in [7, 11) is 0. The van der Waals surface area contributed by atoms with Gasteiger partial charge in [-0.05, 0) is 0 Å². The molecule has 19 N–H and O–H groups in total. The van der Waals surface area contributed by atoms with Crippen molar-refractivity contribution in [3.05, 3.63) is 0 Å². The van der Waals surface area contributed by atoms with Gasteiger partial charge in [-0.1, -0.05) is 6.92 Å². The molecule has 0 atom stereocenters. The molecule has 0 rings (SSSR count). The lowest BCUT2D eigenvalue weighted by atomic mass is 10.8. The molecule has 0 aromatic heterocycles. The van der Waals surface area contributed by atoms with Crippen molar-refractivity contribution in [3.8, 4) is 0 Å². The predicted molar refractivity (Wildman–Crippen MR) is 68.0 cm³/mol. The minimum Gasteiger partial charge on any atom is -0.257 e. The highest BCUT2D eigenvalue weighted by Crippen LogP contribution is 1.37. The fourth-order valence-corrected chi connectivity index (χ4v) is 0.575. The highest BCUT2D eigenvalue weighted by atomic mass is 16.0. The molecule has 18 nitrogen and oxygen atoms in total. The second-order valence-corrected chi connectivity index (χ2v) is 2.55. The van der Waals surface area contributed by atoms with Crippen LogP contribution in [-0.4, -0.2) is 6.54 Å². The number of hydrogen-bond donors (Lipinski definition) is 18. The molecule has 0 spiro atoms. The van der Waals surface area contributed by atoms with E-state index in [1.165, 1.54) is 0 Å². The van der Waals surface area contributed by atoms with Crippen LogP contribution in [0, 0.1) is 0 Å². The molecule has 0 aromatic rings. The van der Waals surface area contributed by atoms with E-state index in [-0.39, 0.29) is 0 Å². The van der Waals surface area contributed by atoms with E-state index in [4.69, 9.17) is 5.84 Å². The van der Waals surface area contributed by atoms with Crippen LogP contribution in [0.4, 0.5) is 0 Å². The second-order valence-electron chi connectivity index (χ2n) is 2.55. The molecule has 0 unspecified atom stereocenters. The van der Waals surface area contributed by atoms with Crippen molar-refractivity contribution in [2.45, 2.75) is 6.92 Å². The van der Waals surface area contributed by atoms with Crippen molar-refractivity contribution in [1.29, 1.82) is 0 Å². The predicted octanol–water partition coefficient (Wildman–Crippen LogP) is -8.46. The Bertz CT molecular complexity index is 141. The highest BCUT2D eigenvalue weighted by molar-refractivity contribution is 4.21. The lowest BCUT2D eigenvalue weighted by molar-refractivity contribution is 0.199. The molecule has 0 radical (unpaired) electrons. The first kappa shape index (κ1) is 19.3. The van der Waals surface area contributed by atoms with Crippen LogP contribution in [0.3, 0.4) is 0 Å². The Morgan fingerprint density at radius 2 is 0.800 bits per heavy atom. The van der Waals surface area contributed by atoms with E-state index in [1.807, 2.05) is 6.92 Å². The SMILES string of the molecule is CCNNNNNNNNNNNNNNNNNN.